The predicted molar refractivity (Wildman–Crippen MR) is 134 cm³/mol. The van der Waals surface area contributed by atoms with Crippen LogP contribution in [0.3, 0.4) is 0 Å². The molecule has 178 valence electrons. The van der Waals surface area contributed by atoms with Gasteiger partial charge in [0, 0.05) is 29.9 Å². The second-order valence-electron chi connectivity index (χ2n) is 8.44. The Balaban J connectivity index is 1.49. The van der Waals surface area contributed by atoms with Gasteiger partial charge >= 0.3 is 5.97 Å². The number of aromatic nitrogens is 1. The number of hydrogen-bond acceptors (Lipinski definition) is 3. The van der Waals surface area contributed by atoms with Crippen molar-refractivity contribution in [3.63, 3.8) is 0 Å². The van der Waals surface area contributed by atoms with E-state index in [2.05, 4.69) is 15.6 Å². The number of rotatable bonds is 10. The van der Waals surface area contributed by atoms with Crippen molar-refractivity contribution in [1.29, 1.82) is 0 Å². The SMILES string of the molecule is O=C(Cc1c[nH]c2ccccc12)N[C@@H](Cc1ccccc1)C(=O)N[C@@H](Cc1ccccc1)C(=O)O. The number of benzene rings is 3. The van der Waals surface area contributed by atoms with E-state index < -0.39 is 24.0 Å². The summed E-state index contributed by atoms with van der Waals surface area (Å²) in [7, 11) is 0. The zero-order valence-electron chi connectivity index (χ0n) is 19.1. The molecule has 35 heavy (non-hydrogen) atoms. The van der Waals surface area contributed by atoms with E-state index in [9.17, 15) is 19.5 Å². The quantitative estimate of drug-likeness (QED) is 0.286. The summed E-state index contributed by atoms with van der Waals surface area (Å²) in [5, 5.41) is 16.1. The third kappa shape index (κ3) is 6.35. The van der Waals surface area contributed by atoms with Crippen LogP contribution in [0.2, 0.25) is 0 Å². The molecule has 2 amide bonds. The summed E-state index contributed by atoms with van der Waals surface area (Å²) in [6, 6.07) is 24.1. The molecule has 0 radical (unpaired) electrons. The molecule has 0 aliphatic rings. The van der Waals surface area contributed by atoms with Gasteiger partial charge in [-0.25, -0.2) is 4.79 Å². The number of carboxylic acids is 1. The van der Waals surface area contributed by atoms with Gasteiger partial charge in [0.1, 0.15) is 12.1 Å². The zero-order valence-corrected chi connectivity index (χ0v) is 19.1. The summed E-state index contributed by atoms with van der Waals surface area (Å²) in [5.74, 6) is -1.99. The molecule has 7 nitrogen and oxygen atoms in total. The van der Waals surface area contributed by atoms with Gasteiger partial charge in [0.15, 0.2) is 0 Å². The topological polar surface area (TPSA) is 111 Å². The van der Waals surface area contributed by atoms with Crippen LogP contribution in [-0.4, -0.2) is 40.0 Å². The molecule has 4 N–H and O–H groups in total. The lowest BCUT2D eigenvalue weighted by molar-refractivity contribution is -0.142. The highest BCUT2D eigenvalue weighted by molar-refractivity contribution is 5.93. The Hall–Kier alpha value is -4.39. The highest BCUT2D eigenvalue weighted by Gasteiger charge is 2.27. The molecule has 3 aromatic carbocycles. The van der Waals surface area contributed by atoms with Gasteiger partial charge in [-0.15, -0.1) is 0 Å². The predicted octanol–water partition coefficient (Wildman–Crippen LogP) is 3.25. The van der Waals surface area contributed by atoms with E-state index in [-0.39, 0.29) is 25.2 Å². The maximum absolute atomic E-state index is 13.2. The summed E-state index contributed by atoms with van der Waals surface area (Å²) in [5.41, 5.74) is 3.40. The van der Waals surface area contributed by atoms with Crippen molar-refractivity contribution in [2.75, 3.05) is 0 Å². The Morgan fingerprint density at radius 3 is 1.94 bits per heavy atom. The maximum atomic E-state index is 13.2. The standard InChI is InChI=1S/C28H27N3O4/c32-26(17-21-18-29-23-14-8-7-13-22(21)23)30-24(15-19-9-3-1-4-10-19)27(33)31-25(28(34)35)16-20-11-5-2-6-12-20/h1-14,18,24-25,29H,15-17H2,(H,30,32)(H,31,33)(H,34,35)/t24-,25-/m0/s1. The molecule has 0 bridgehead atoms. The molecule has 0 fully saturated rings. The number of para-hydroxylation sites is 1. The summed E-state index contributed by atoms with van der Waals surface area (Å²) in [6.45, 7) is 0. The van der Waals surface area contributed by atoms with Crippen LogP contribution >= 0.6 is 0 Å². The monoisotopic (exact) mass is 469 g/mol. The van der Waals surface area contributed by atoms with Gasteiger partial charge in [-0.3, -0.25) is 9.59 Å². The third-order valence-electron chi connectivity index (χ3n) is 5.86. The summed E-state index contributed by atoms with van der Waals surface area (Å²) >= 11 is 0. The van der Waals surface area contributed by atoms with Crippen LogP contribution in [0.1, 0.15) is 16.7 Å². The lowest BCUT2D eigenvalue weighted by Crippen LogP contribution is -2.53. The molecule has 0 spiro atoms. The maximum Gasteiger partial charge on any atom is 0.326 e. The lowest BCUT2D eigenvalue weighted by Gasteiger charge is -2.22. The molecule has 1 heterocycles. The van der Waals surface area contributed by atoms with Crippen LogP contribution < -0.4 is 10.6 Å². The highest BCUT2D eigenvalue weighted by atomic mass is 16.4. The number of amides is 2. The fraction of sp³-hybridized carbons (Fsp3) is 0.179. The van der Waals surface area contributed by atoms with Crippen LogP contribution in [-0.2, 0) is 33.6 Å². The van der Waals surface area contributed by atoms with Crippen LogP contribution in [0, 0.1) is 0 Å². The van der Waals surface area contributed by atoms with E-state index in [0.29, 0.717) is 0 Å². The molecule has 0 aliphatic carbocycles. The molecule has 4 rings (SSSR count). The molecule has 0 unspecified atom stereocenters. The minimum Gasteiger partial charge on any atom is -0.480 e. The van der Waals surface area contributed by atoms with Gasteiger partial charge in [0.05, 0.1) is 6.42 Å². The molecule has 2 atom stereocenters. The molecule has 4 aromatic rings. The molecule has 0 saturated carbocycles. The van der Waals surface area contributed by atoms with Gasteiger partial charge in [-0.2, -0.15) is 0 Å². The number of fused-ring (bicyclic) bond motifs is 1. The zero-order chi connectivity index (χ0) is 24.6. The number of H-pyrrole nitrogens is 1. The van der Waals surface area contributed by atoms with Crippen molar-refractivity contribution in [1.82, 2.24) is 15.6 Å². The van der Waals surface area contributed by atoms with E-state index in [4.69, 9.17) is 0 Å². The van der Waals surface area contributed by atoms with Gasteiger partial charge in [0.2, 0.25) is 11.8 Å². The van der Waals surface area contributed by atoms with Crippen molar-refractivity contribution in [2.24, 2.45) is 0 Å². The number of carbonyl (C=O) groups excluding carboxylic acids is 2. The molecular formula is C28H27N3O4. The molecule has 1 aromatic heterocycles. The average molecular weight is 470 g/mol. The first-order valence-electron chi connectivity index (χ1n) is 11.4. The van der Waals surface area contributed by atoms with Gasteiger partial charge in [-0.05, 0) is 22.8 Å². The first-order chi connectivity index (χ1) is 17.0. The summed E-state index contributed by atoms with van der Waals surface area (Å²) in [4.78, 5) is 41.2. The minimum absolute atomic E-state index is 0.0922. The summed E-state index contributed by atoms with van der Waals surface area (Å²) < 4.78 is 0. The highest BCUT2D eigenvalue weighted by Crippen LogP contribution is 2.18. The fourth-order valence-electron chi connectivity index (χ4n) is 4.08. The lowest BCUT2D eigenvalue weighted by atomic mass is 10.0. The number of aliphatic carboxylic acids is 1. The van der Waals surface area contributed by atoms with E-state index in [0.717, 1.165) is 27.6 Å². The summed E-state index contributed by atoms with van der Waals surface area (Å²) in [6.07, 6.45) is 2.26. The smallest absolute Gasteiger partial charge is 0.326 e. The first kappa shape index (κ1) is 23.8. The van der Waals surface area contributed by atoms with Gasteiger partial charge in [0.25, 0.3) is 0 Å². The Kier molecular flexibility index (Phi) is 7.57. The average Bonchev–Trinajstić information content (AvgIpc) is 3.27. The van der Waals surface area contributed by atoms with Crippen LogP contribution in [0.15, 0.2) is 91.1 Å². The molecular weight excluding hydrogens is 442 g/mol. The number of aromatic amines is 1. The Morgan fingerprint density at radius 1 is 0.743 bits per heavy atom. The first-order valence-corrected chi connectivity index (χ1v) is 11.4. The molecule has 0 aliphatic heterocycles. The molecule has 7 heteroatoms. The normalized spacial score (nSPS) is 12.6. The third-order valence-corrected chi connectivity index (χ3v) is 5.86. The van der Waals surface area contributed by atoms with Crippen molar-refractivity contribution in [3.8, 4) is 0 Å². The minimum atomic E-state index is -1.13. The van der Waals surface area contributed by atoms with Crippen LogP contribution in [0.4, 0.5) is 0 Å². The molecule has 0 saturated heterocycles. The van der Waals surface area contributed by atoms with E-state index in [1.54, 1.807) is 6.20 Å². The van der Waals surface area contributed by atoms with Crippen LogP contribution in [0.5, 0.6) is 0 Å². The second-order valence-corrected chi connectivity index (χ2v) is 8.44. The van der Waals surface area contributed by atoms with E-state index in [1.165, 1.54) is 0 Å². The van der Waals surface area contributed by atoms with Crippen LogP contribution in [0.25, 0.3) is 10.9 Å². The number of carbonyl (C=O) groups is 3. The number of hydrogen-bond donors (Lipinski definition) is 4. The van der Waals surface area contributed by atoms with E-state index >= 15 is 0 Å². The van der Waals surface area contributed by atoms with E-state index in [1.807, 2.05) is 84.9 Å². The Bertz CT molecular complexity index is 1300. The van der Waals surface area contributed by atoms with Gasteiger partial charge in [-0.1, -0.05) is 78.9 Å². The Labute approximate surface area is 203 Å². The number of nitrogens with one attached hydrogen (secondary N) is 3. The van der Waals surface area contributed by atoms with Crippen molar-refractivity contribution >= 4 is 28.7 Å². The second kappa shape index (κ2) is 11.2. The fourth-order valence-corrected chi connectivity index (χ4v) is 4.08. The van der Waals surface area contributed by atoms with Gasteiger partial charge < -0.3 is 20.7 Å². The van der Waals surface area contributed by atoms with Crippen molar-refractivity contribution in [3.05, 3.63) is 108 Å². The van der Waals surface area contributed by atoms with Crippen molar-refractivity contribution < 1.29 is 19.5 Å². The number of carboxylic acid groups (broad SMARTS) is 1. The largest absolute Gasteiger partial charge is 0.480 e. The van der Waals surface area contributed by atoms with Crippen molar-refractivity contribution in [2.45, 2.75) is 31.3 Å². The Morgan fingerprint density at radius 2 is 1.31 bits per heavy atom.